The molecular weight excluding hydrogens is 481 g/mol. The van der Waals surface area contributed by atoms with E-state index >= 15 is 0 Å². The molecule has 3 aromatic carbocycles. The highest BCUT2D eigenvalue weighted by Gasteiger charge is 2.55. The Labute approximate surface area is 212 Å². The molecule has 0 spiro atoms. The van der Waals surface area contributed by atoms with Crippen LogP contribution in [0.15, 0.2) is 36.4 Å². The Morgan fingerprint density at radius 1 is 0.457 bits per heavy atom. The van der Waals surface area contributed by atoms with Crippen LogP contribution in [0.1, 0.15) is 23.6 Å². The van der Waals surface area contributed by atoms with Crippen molar-refractivity contribution in [3.05, 3.63) is 53.1 Å². The first kappa shape index (κ1) is 23.1. The minimum atomic E-state index is -1.68. The van der Waals surface area contributed by atoms with E-state index in [1.54, 1.807) is 0 Å². The van der Waals surface area contributed by atoms with Crippen LogP contribution in [0.2, 0.25) is 58.9 Å². The Hall–Kier alpha value is -2.29. The Morgan fingerprint density at radius 2 is 0.714 bits per heavy atom. The van der Waals surface area contributed by atoms with E-state index in [0.29, 0.717) is 0 Å². The van der Waals surface area contributed by atoms with Gasteiger partial charge in [0.2, 0.25) is 0 Å². The fourth-order valence-electron chi connectivity index (χ4n) is 6.16. The van der Waals surface area contributed by atoms with E-state index < -0.39 is 24.2 Å². The van der Waals surface area contributed by atoms with Crippen molar-refractivity contribution < 1.29 is 14.2 Å². The second-order valence-corrected chi connectivity index (χ2v) is 28.7. The van der Waals surface area contributed by atoms with Crippen molar-refractivity contribution in [3.8, 4) is 34.5 Å². The van der Waals surface area contributed by atoms with Crippen molar-refractivity contribution in [1.82, 2.24) is 0 Å². The summed E-state index contributed by atoms with van der Waals surface area (Å²) in [6.45, 7) is 23.9. The monoisotopic (exact) mass is 516 g/mol. The predicted octanol–water partition coefficient (Wildman–Crippen LogP) is 6.99. The number of rotatable bonds is 3. The first-order valence-corrected chi connectivity index (χ1v) is 23.2. The summed E-state index contributed by atoms with van der Waals surface area (Å²) < 4.78 is 20.5. The molecule has 0 aliphatic carbocycles. The highest BCUT2D eigenvalue weighted by Crippen LogP contribution is 2.65. The van der Waals surface area contributed by atoms with Gasteiger partial charge in [-0.05, 0) is 40.7 Å². The molecule has 0 fully saturated rings. The zero-order chi connectivity index (χ0) is 25.3. The molecule has 0 bridgehead atoms. The average molecular weight is 517 g/mol. The Morgan fingerprint density at radius 3 is 0.943 bits per heavy atom. The smallest absolute Gasteiger partial charge is 0.135 e. The maximum absolute atomic E-state index is 6.84. The first-order valence-electron chi connectivity index (χ1n) is 12.7. The summed E-state index contributed by atoms with van der Waals surface area (Å²) in [6, 6.07) is 13.4. The van der Waals surface area contributed by atoms with Gasteiger partial charge in [0, 0.05) is 0 Å². The summed E-state index contributed by atoms with van der Waals surface area (Å²) in [5.74, 6) is 5.85. The molecule has 0 aromatic heterocycles. The van der Waals surface area contributed by atoms with Gasteiger partial charge >= 0.3 is 0 Å². The van der Waals surface area contributed by atoms with Crippen LogP contribution in [0.25, 0.3) is 0 Å². The fraction of sp³-hybridized carbons (Fsp3) is 0.379. The van der Waals surface area contributed by atoms with Crippen molar-refractivity contribution >= 4 is 39.8 Å². The van der Waals surface area contributed by atoms with E-state index in [2.05, 4.69) is 102 Å². The van der Waals surface area contributed by atoms with Crippen molar-refractivity contribution in [2.45, 2.75) is 71.3 Å². The number of hydrogen-bond acceptors (Lipinski definition) is 3. The summed E-state index contributed by atoms with van der Waals surface area (Å²) in [4.78, 5) is 0. The second kappa shape index (κ2) is 6.72. The van der Waals surface area contributed by atoms with E-state index in [4.69, 9.17) is 14.2 Å². The molecule has 35 heavy (non-hydrogen) atoms. The summed E-state index contributed by atoms with van der Waals surface area (Å²) in [6.07, 6.45) is 0. The van der Waals surface area contributed by atoms with Gasteiger partial charge in [0.25, 0.3) is 0 Å². The molecule has 0 N–H and O–H groups in total. The molecule has 0 radical (unpaired) electrons. The third kappa shape index (κ3) is 2.99. The lowest BCUT2D eigenvalue weighted by molar-refractivity contribution is 0.341. The molecule has 0 atom stereocenters. The molecule has 0 unspecified atom stereocenters. The largest absolute Gasteiger partial charge is 0.457 e. The molecule has 3 heterocycles. The number of ether oxygens (including phenoxy) is 3. The number of hydrogen-bond donors (Lipinski definition) is 0. The van der Waals surface area contributed by atoms with Gasteiger partial charge in [-0.25, -0.2) is 0 Å². The molecule has 3 aromatic rings. The highest BCUT2D eigenvalue weighted by molar-refractivity contribution is 6.90. The fourth-order valence-corrected chi connectivity index (χ4v) is 10.5. The lowest BCUT2D eigenvalue weighted by Crippen LogP contribution is -2.47. The lowest BCUT2D eigenvalue weighted by atomic mass is 9.66. The molecule has 3 aliphatic rings. The minimum Gasteiger partial charge on any atom is -0.457 e. The summed E-state index contributed by atoms with van der Waals surface area (Å²) in [5, 5.41) is 4.04. The molecular formula is C29H36O3Si3. The Balaban J connectivity index is 1.80. The standard InChI is InChI=1S/C29H36O3Si3/c1-29-23-17-11-14-20(33(2,3)4)26(23)30-18-12-15-21(34(5,6)7)27(24(18)29)32-19-13-16-22(35(8,9)10)28(31-17)25(19)29/h11-16H,1-10H3. The van der Waals surface area contributed by atoms with Gasteiger partial charge < -0.3 is 14.2 Å². The maximum atomic E-state index is 6.84. The van der Waals surface area contributed by atoms with Gasteiger partial charge in [0.15, 0.2) is 0 Å². The van der Waals surface area contributed by atoms with Crippen LogP contribution in [0, 0.1) is 0 Å². The van der Waals surface area contributed by atoms with Crippen molar-refractivity contribution in [2.24, 2.45) is 0 Å². The molecule has 6 rings (SSSR count). The molecule has 3 nitrogen and oxygen atoms in total. The Kier molecular flexibility index (Phi) is 4.44. The van der Waals surface area contributed by atoms with Crippen molar-refractivity contribution in [3.63, 3.8) is 0 Å². The molecule has 3 aliphatic heterocycles. The molecule has 0 saturated heterocycles. The summed E-state index contributed by atoms with van der Waals surface area (Å²) in [5.41, 5.74) is 3.17. The predicted molar refractivity (Wildman–Crippen MR) is 154 cm³/mol. The van der Waals surface area contributed by atoms with Crippen LogP contribution < -0.4 is 29.8 Å². The third-order valence-corrected chi connectivity index (χ3v) is 13.9. The molecule has 6 heteroatoms. The molecule has 0 amide bonds. The topological polar surface area (TPSA) is 27.7 Å². The summed E-state index contributed by atoms with van der Waals surface area (Å²) >= 11 is 0. The van der Waals surface area contributed by atoms with E-state index in [9.17, 15) is 0 Å². The van der Waals surface area contributed by atoms with Crippen LogP contribution in [-0.2, 0) is 5.41 Å². The summed E-state index contributed by atoms with van der Waals surface area (Å²) in [7, 11) is -5.03. The van der Waals surface area contributed by atoms with Crippen LogP contribution in [0.4, 0.5) is 0 Å². The van der Waals surface area contributed by atoms with Crippen LogP contribution in [-0.4, -0.2) is 24.2 Å². The van der Waals surface area contributed by atoms with Gasteiger partial charge in [-0.2, -0.15) is 0 Å². The average Bonchev–Trinajstić information content (AvgIpc) is 2.70. The van der Waals surface area contributed by atoms with E-state index in [1.165, 1.54) is 32.3 Å². The quantitative estimate of drug-likeness (QED) is 0.275. The van der Waals surface area contributed by atoms with Crippen LogP contribution >= 0.6 is 0 Å². The molecule has 182 valence electrons. The SMILES string of the molecule is CC12c3c4ccc([Si](C)(C)C)c3Oc3ccc([Si](C)(C)C)c(c31)Oc1ccc([Si](C)(C)C)c(c12)O4. The van der Waals surface area contributed by atoms with E-state index in [1.807, 2.05) is 0 Å². The van der Waals surface area contributed by atoms with Gasteiger partial charge in [-0.15, -0.1) is 0 Å². The zero-order valence-electron chi connectivity index (χ0n) is 22.7. The first-order chi connectivity index (χ1) is 16.1. The zero-order valence-corrected chi connectivity index (χ0v) is 25.7. The second-order valence-electron chi connectivity index (χ2n) is 13.6. The lowest BCUT2D eigenvalue weighted by Gasteiger charge is -2.48. The number of benzene rings is 3. The Bertz CT molecular complexity index is 1260. The van der Waals surface area contributed by atoms with Crippen LogP contribution in [0.5, 0.6) is 34.5 Å². The molecule has 0 saturated carbocycles. The van der Waals surface area contributed by atoms with Crippen molar-refractivity contribution in [1.29, 1.82) is 0 Å². The highest BCUT2D eigenvalue weighted by atomic mass is 28.3. The van der Waals surface area contributed by atoms with Crippen molar-refractivity contribution in [2.75, 3.05) is 0 Å². The van der Waals surface area contributed by atoms with Crippen LogP contribution in [0.3, 0.4) is 0 Å². The maximum Gasteiger partial charge on any atom is 0.135 e. The normalized spacial score (nSPS) is 16.6. The minimum absolute atomic E-state index is 0.379. The van der Waals surface area contributed by atoms with E-state index in [0.717, 1.165) is 34.5 Å². The third-order valence-electron chi connectivity index (χ3n) is 7.92. The van der Waals surface area contributed by atoms with Gasteiger partial charge in [0.1, 0.15) is 34.5 Å². The van der Waals surface area contributed by atoms with Gasteiger partial charge in [-0.3, -0.25) is 0 Å². The van der Waals surface area contributed by atoms with Gasteiger partial charge in [0.05, 0.1) is 46.3 Å². The van der Waals surface area contributed by atoms with E-state index in [-0.39, 0.29) is 5.41 Å². The van der Waals surface area contributed by atoms with Gasteiger partial charge in [-0.1, -0.05) is 77.1 Å².